The van der Waals surface area contributed by atoms with Crippen LogP contribution in [0.4, 0.5) is 5.69 Å². The lowest BCUT2D eigenvalue weighted by Crippen LogP contribution is -2.45. The van der Waals surface area contributed by atoms with Gasteiger partial charge in [-0.1, -0.05) is 17.7 Å². The summed E-state index contributed by atoms with van der Waals surface area (Å²) in [7, 11) is 0. The van der Waals surface area contributed by atoms with E-state index in [1.54, 1.807) is 0 Å². The number of carbonyl (C=O) groups excluding carboxylic acids is 1. The number of rotatable bonds is 5. The van der Waals surface area contributed by atoms with Crippen LogP contribution in [-0.4, -0.2) is 27.4 Å². The molecule has 0 spiro atoms. The lowest BCUT2D eigenvalue weighted by Gasteiger charge is -2.24. The molecule has 0 aromatic heterocycles. The van der Waals surface area contributed by atoms with Crippen molar-refractivity contribution in [2.45, 2.75) is 25.8 Å². The van der Waals surface area contributed by atoms with Crippen molar-refractivity contribution >= 4 is 29.2 Å². The summed E-state index contributed by atoms with van der Waals surface area (Å²) >= 11 is 5.71. The summed E-state index contributed by atoms with van der Waals surface area (Å²) in [6.45, 7) is 3.02. The van der Waals surface area contributed by atoms with Gasteiger partial charge in [-0.15, -0.1) is 0 Å². The maximum Gasteiger partial charge on any atom is 0.305 e. The van der Waals surface area contributed by atoms with Crippen LogP contribution >= 0.6 is 11.6 Å². The lowest BCUT2D eigenvalue weighted by atomic mass is 10.00. The molecule has 1 aromatic rings. The highest BCUT2D eigenvalue weighted by molar-refractivity contribution is 6.33. The van der Waals surface area contributed by atoms with Crippen LogP contribution in [0.2, 0.25) is 5.02 Å². The van der Waals surface area contributed by atoms with E-state index in [0.717, 1.165) is 0 Å². The molecular weight excluding hydrogens is 288 g/mol. The smallest absolute Gasteiger partial charge is 0.305 e. The van der Waals surface area contributed by atoms with E-state index >= 15 is 0 Å². The summed E-state index contributed by atoms with van der Waals surface area (Å²) in [6, 6.07) is 3.98. The molecule has 0 unspecified atom stereocenters. The van der Waals surface area contributed by atoms with E-state index in [2.05, 4.69) is 5.32 Å². The van der Waals surface area contributed by atoms with Crippen LogP contribution in [0, 0.1) is 10.1 Å². The number of carboxylic acids is 1. The van der Waals surface area contributed by atoms with Crippen LogP contribution in [0.25, 0.3) is 0 Å². The van der Waals surface area contributed by atoms with Crippen molar-refractivity contribution in [1.82, 2.24) is 5.32 Å². The van der Waals surface area contributed by atoms with Crippen molar-refractivity contribution in [2.75, 3.05) is 0 Å². The van der Waals surface area contributed by atoms with Crippen molar-refractivity contribution in [3.63, 3.8) is 0 Å². The topological polar surface area (TPSA) is 110 Å². The molecule has 0 radical (unpaired) electrons. The number of nitro benzene ring substituents is 1. The van der Waals surface area contributed by atoms with Gasteiger partial charge in [0.05, 0.1) is 11.3 Å². The van der Waals surface area contributed by atoms with Crippen LogP contribution in [0.15, 0.2) is 18.2 Å². The van der Waals surface area contributed by atoms with Crippen LogP contribution in [0.1, 0.15) is 30.6 Å². The van der Waals surface area contributed by atoms with Crippen LogP contribution in [-0.2, 0) is 4.79 Å². The minimum absolute atomic E-state index is 0.154. The molecule has 20 heavy (non-hydrogen) atoms. The van der Waals surface area contributed by atoms with E-state index < -0.39 is 28.0 Å². The molecule has 0 aliphatic rings. The van der Waals surface area contributed by atoms with Crippen molar-refractivity contribution < 1.29 is 19.6 Å². The van der Waals surface area contributed by atoms with E-state index in [1.807, 2.05) is 0 Å². The highest BCUT2D eigenvalue weighted by Gasteiger charge is 2.29. The second-order valence-corrected chi connectivity index (χ2v) is 5.21. The fraction of sp³-hybridized carbons (Fsp3) is 0.333. The Morgan fingerprint density at radius 2 is 2.05 bits per heavy atom. The van der Waals surface area contributed by atoms with Gasteiger partial charge in [-0.05, 0) is 26.0 Å². The van der Waals surface area contributed by atoms with Crippen molar-refractivity contribution in [1.29, 1.82) is 0 Å². The predicted octanol–water partition coefficient (Wildman–Crippen LogP) is 2.23. The Bertz CT molecular complexity index is 571. The number of para-hydroxylation sites is 1. The van der Waals surface area contributed by atoms with Gasteiger partial charge in [0.15, 0.2) is 0 Å². The molecule has 0 heterocycles. The Balaban J connectivity index is 3.08. The molecule has 108 valence electrons. The molecule has 1 amide bonds. The third-order valence-corrected chi connectivity index (χ3v) is 2.76. The van der Waals surface area contributed by atoms with Gasteiger partial charge in [0.25, 0.3) is 5.91 Å². The summed E-state index contributed by atoms with van der Waals surface area (Å²) in [5.74, 6) is -1.83. The molecule has 0 fully saturated rings. The summed E-state index contributed by atoms with van der Waals surface area (Å²) < 4.78 is 0. The Hall–Kier alpha value is -2.15. The Morgan fingerprint density at radius 1 is 1.45 bits per heavy atom. The molecule has 0 atom stereocenters. The number of benzene rings is 1. The molecule has 0 saturated heterocycles. The molecule has 1 aromatic carbocycles. The van der Waals surface area contributed by atoms with Crippen molar-refractivity contribution in [3.8, 4) is 0 Å². The Kier molecular flexibility index (Phi) is 4.67. The first-order valence-corrected chi connectivity index (χ1v) is 5.99. The number of hydrogen-bond acceptors (Lipinski definition) is 4. The summed E-state index contributed by atoms with van der Waals surface area (Å²) in [6.07, 6.45) is -0.312. The number of carbonyl (C=O) groups is 2. The van der Waals surface area contributed by atoms with Crippen LogP contribution in [0.3, 0.4) is 0 Å². The zero-order valence-electron chi connectivity index (χ0n) is 10.8. The van der Waals surface area contributed by atoms with Crippen LogP contribution < -0.4 is 5.32 Å². The van der Waals surface area contributed by atoms with E-state index in [4.69, 9.17) is 16.7 Å². The molecule has 1 rings (SSSR count). The second kappa shape index (κ2) is 5.87. The average molecular weight is 301 g/mol. The first kappa shape index (κ1) is 15.9. The number of aliphatic carboxylic acids is 1. The van der Waals surface area contributed by atoms with Gasteiger partial charge in [0, 0.05) is 5.54 Å². The first-order chi connectivity index (χ1) is 9.14. The third-order valence-electron chi connectivity index (χ3n) is 2.46. The number of carboxylic acid groups (broad SMARTS) is 1. The fourth-order valence-corrected chi connectivity index (χ4v) is 1.92. The van der Waals surface area contributed by atoms with Crippen molar-refractivity contribution in [3.05, 3.63) is 38.9 Å². The number of halogens is 1. The normalized spacial score (nSPS) is 10.9. The number of nitrogens with one attached hydrogen (secondary N) is 1. The maximum absolute atomic E-state index is 12.1. The SMILES string of the molecule is CC(C)(CC(=O)O)NC(=O)c1cccc(Cl)c1[N+](=O)[O-]. The predicted molar refractivity (Wildman–Crippen MR) is 71.9 cm³/mol. The second-order valence-electron chi connectivity index (χ2n) is 4.80. The van der Waals surface area contributed by atoms with Gasteiger partial charge in [-0.3, -0.25) is 19.7 Å². The minimum atomic E-state index is -1.09. The monoisotopic (exact) mass is 300 g/mol. The minimum Gasteiger partial charge on any atom is -0.481 e. The zero-order valence-corrected chi connectivity index (χ0v) is 11.6. The highest BCUT2D eigenvalue weighted by Crippen LogP contribution is 2.28. The molecule has 0 aliphatic heterocycles. The fourth-order valence-electron chi connectivity index (χ4n) is 1.68. The summed E-state index contributed by atoms with van der Waals surface area (Å²) in [5.41, 5.74) is -1.75. The van der Waals surface area contributed by atoms with Gasteiger partial charge in [-0.2, -0.15) is 0 Å². The number of nitro groups is 1. The van der Waals surface area contributed by atoms with Gasteiger partial charge in [-0.25, -0.2) is 0 Å². The molecule has 0 bridgehead atoms. The van der Waals surface area contributed by atoms with Gasteiger partial charge in [0.1, 0.15) is 10.6 Å². The number of nitrogens with zero attached hydrogens (tertiary/aromatic N) is 1. The summed E-state index contributed by atoms with van der Waals surface area (Å²) in [5, 5.41) is 22.0. The van der Waals surface area contributed by atoms with Gasteiger partial charge >= 0.3 is 11.7 Å². The zero-order chi connectivity index (χ0) is 15.5. The number of hydrogen-bond donors (Lipinski definition) is 2. The maximum atomic E-state index is 12.1. The Morgan fingerprint density at radius 3 is 2.55 bits per heavy atom. The lowest BCUT2D eigenvalue weighted by molar-refractivity contribution is -0.385. The largest absolute Gasteiger partial charge is 0.481 e. The first-order valence-electron chi connectivity index (χ1n) is 5.61. The molecule has 0 saturated carbocycles. The molecule has 8 heteroatoms. The van der Waals surface area contributed by atoms with Gasteiger partial charge < -0.3 is 10.4 Å². The molecular formula is C12H13ClN2O5. The standard InChI is InChI=1S/C12H13ClN2O5/c1-12(2,6-9(16)17)14-11(18)7-4-3-5-8(13)10(7)15(19)20/h3-5H,6H2,1-2H3,(H,14,18)(H,16,17). The molecule has 2 N–H and O–H groups in total. The third kappa shape index (κ3) is 3.92. The molecule has 7 nitrogen and oxygen atoms in total. The number of amides is 1. The van der Waals surface area contributed by atoms with Crippen molar-refractivity contribution in [2.24, 2.45) is 0 Å². The van der Waals surface area contributed by atoms with E-state index in [1.165, 1.54) is 32.0 Å². The Labute approximate surface area is 119 Å². The van der Waals surface area contributed by atoms with Gasteiger partial charge in [0.2, 0.25) is 0 Å². The van der Waals surface area contributed by atoms with E-state index in [9.17, 15) is 19.7 Å². The van der Waals surface area contributed by atoms with E-state index in [0.29, 0.717) is 0 Å². The highest BCUT2D eigenvalue weighted by atomic mass is 35.5. The summed E-state index contributed by atoms with van der Waals surface area (Å²) in [4.78, 5) is 32.9. The average Bonchev–Trinajstić information content (AvgIpc) is 2.25. The quantitative estimate of drug-likeness (QED) is 0.640. The van der Waals surface area contributed by atoms with Crippen LogP contribution in [0.5, 0.6) is 0 Å². The molecule has 0 aliphatic carbocycles. The van der Waals surface area contributed by atoms with E-state index in [-0.39, 0.29) is 17.0 Å².